The second-order valence-corrected chi connectivity index (χ2v) is 7.97. The Morgan fingerprint density at radius 1 is 0.758 bits per heavy atom. The van der Waals surface area contributed by atoms with Gasteiger partial charge in [0.1, 0.15) is 5.75 Å². The van der Waals surface area contributed by atoms with Crippen LogP contribution in [0.1, 0.15) is 71.6 Å². The van der Waals surface area contributed by atoms with Crippen molar-refractivity contribution in [3.05, 3.63) is 30.3 Å². The number of unbranched alkanes of at least 4 members (excludes halogenated alkanes) is 7. The fourth-order valence-electron chi connectivity index (χ4n) is 3.39. The van der Waals surface area contributed by atoms with Crippen LogP contribution in [-0.4, -0.2) is 63.1 Å². The molecule has 1 atom stereocenters. The van der Waals surface area contributed by atoms with E-state index in [1.807, 2.05) is 25.1 Å². The summed E-state index contributed by atoms with van der Waals surface area (Å²) in [6, 6.07) is 8.97. The molecule has 0 amide bonds. The minimum absolute atomic E-state index is 0.120. The fraction of sp³-hybridized carbons (Fsp3) is 0.731. The molecule has 0 aromatic heterocycles. The molecule has 0 aliphatic carbocycles. The first-order chi connectivity index (χ1) is 16.1. The molecule has 190 valence electrons. The second-order valence-electron chi connectivity index (χ2n) is 7.97. The number of carboxylic acids is 1. The lowest BCUT2D eigenvalue weighted by atomic mass is 10.0. The highest BCUT2D eigenvalue weighted by Gasteiger charge is 2.42. The van der Waals surface area contributed by atoms with Gasteiger partial charge in [0.15, 0.2) is 0 Å². The molecule has 0 bridgehead atoms. The van der Waals surface area contributed by atoms with Crippen molar-refractivity contribution in [2.45, 2.75) is 77.4 Å². The van der Waals surface area contributed by atoms with Gasteiger partial charge in [-0.2, -0.15) is 0 Å². The van der Waals surface area contributed by atoms with E-state index in [1.54, 1.807) is 12.1 Å². The van der Waals surface area contributed by atoms with Crippen LogP contribution in [0.5, 0.6) is 5.75 Å². The molecule has 0 spiro atoms. The van der Waals surface area contributed by atoms with Gasteiger partial charge in [-0.1, -0.05) is 70.1 Å². The van der Waals surface area contributed by atoms with Crippen molar-refractivity contribution in [3.63, 3.8) is 0 Å². The quantitative estimate of drug-likeness (QED) is 0.169. The third-order valence-electron chi connectivity index (χ3n) is 5.22. The van der Waals surface area contributed by atoms with E-state index >= 15 is 0 Å². The summed E-state index contributed by atoms with van der Waals surface area (Å²) in [5.41, 5.74) is 0. The van der Waals surface area contributed by atoms with Gasteiger partial charge in [-0.25, -0.2) is 4.79 Å². The Morgan fingerprint density at radius 2 is 1.30 bits per heavy atom. The molecule has 1 aromatic rings. The second kappa shape index (κ2) is 19.8. The van der Waals surface area contributed by atoms with E-state index in [9.17, 15) is 9.90 Å². The predicted molar refractivity (Wildman–Crippen MR) is 129 cm³/mol. The molecule has 0 saturated carbocycles. The van der Waals surface area contributed by atoms with Crippen molar-refractivity contribution in [1.82, 2.24) is 0 Å². The average molecular weight is 469 g/mol. The Hall–Kier alpha value is -1.67. The highest BCUT2D eigenvalue weighted by Crippen LogP contribution is 2.26. The third-order valence-corrected chi connectivity index (χ3v) is 5.22. The van der Waals surface area contributed by atoms with Crippen LogP contribution in [0.25, 0.3) is 0 Å². The molecule has 7 heteroatoms. The molecule has 0 heterocycles. The van der Waals surface area contributed by atoms with Crippen molar-refractivity contribution in [2.24, 2.45) is 0 Å². The minimum atomic E-state index is -1.72. The first kappa shape index (κ1) is 29.4. The Morgan fingerprint density at radius 3 is 1.88 bits per heavy atom. The molecule has 0 fully saturated rings. The SMILES string of the molecule is CCCCCCCCCCC(OCCOCCOCCOCC)(Oc1ccccc1)C(=O)O. The summed E-state index contributed by atoms with van der Waals surface area (Å²) in [6.07, 6.45) is 9.27. The number of hydrogen-bond acceptors (Lipinski definition) is 6. The first-order valence-electron chi connectivity index (χ1n) is 12.5. The van der Waals surface area contributed by atoms with Gasteiger partial charge in [0, 0.05) is 13.0 Å². The highest BCUT2D eigenvalue weighted by atomic mass is 16.7. The van der Waals surface area contributed by atoms with Gasteiger partial charge in [0.25, 0.3) is 0 Å². The lowest BCUT2D eigenvalue weighted by molar-refractivity contribution is -0.218. The summed E-state index contributed by atoms with van der Waals surface area (Å²) in [4.78, 5) is 12.2. The zero-order valence-corrected chi connectivity index (χ0v) is 20.6. The Labute approximate surface area is 199 Å². The summed E-state index contributed by atoms with van der Waals surface area (Å²) in [7, 11) is 0. The predicted octanol–water partition coefficient (Wildman–Crippen LogP) is 5.46. The molecular weight excluding hydrogens is 424 g/mol. The van der Waals surface area contributed by atoms with Crippen LogP contribution in [0.15, 0.2) is 30.3 Å². The molecule has 0 saturated heterocycles. The van der Waals surface area contributed by atoms with Crippen molar-refractivity contribution in [1.29, 1.82) is 0 Å². The molecule has 33 heavy (non-hydrogen) atoms. The summed E-state index contributed by atoms with van der Waals surface area (Å²) in [5.74, 6) is -2.36. The van der Waals surface area contributed by atoms with Crippen molar-refractivity contribution < 1.29 is 33.6 Å². The number of carbonyl (C=O) groups is 1. The van der Waals surface area contributed by atoms with Crippen LogP contribution in [0.3, 0.4) is 0 Å². The lowest BCUT2D eigenvalue weighted by Gasteiger charge is -2.30. The Balaban J connectivity index is 2.45. The maximum atomic E-state index is 12.2. The summed E-state index contributed by atoms with van der Waals surface area (Å²) in [5, 5.41) is 10.0. The van der Waals surface area contributed by atoms with Gasteiger partial charge in [-0.05, 0) is 25.5 Å². The third kappa shape index (κ3) is 14.3. The fourth-order valence-corrected chi connectivity index (χ4v) is 3.39. The first-order valence-corrected chi connectivity index (χ1v) is 12.5. The van der Waals surface area contributed by atoms with Gasteiger partial charge >= 0.3 is 11.8 Å². The highest BCUT2D eigenvalue weighted by molar-refractivity contribution is 5.76. The van der Waals surface area contributed by atoms with E-state index in [2.05, 4.69) is 6.92 Å². The molecular formula is C26H44O7. The molecule has 0 aliphatic rings. The van der Waals surface area contributed by atoms with Gasteiger partial charge in [-0.3, -0.25) is 0 Å². The molecule has 7 nitrogen and oxygen atoms in total. The topological polar surface area (TPSA) is 83.5 Å². The van der Waals surface area contributed by atoms with E-state index in [1.165, 1.54) is 32.1 Å². The van der Waals surface area contributed by atoms with Crippen LogP contribution in [0.4, 0.5) is 0 Å². The molecule has 1 rings (SSSR count). The van der Waals surface area contributed by atoms with E-state index in [4.69, 9.17) is 23.7 Å². The number of rotatable bonds is 23. The molecule has 1 unspecified atom stereocenters. The number of hydrogen-bond donors (Lipinski definition) is 1. The van der Waals surface area contributed by atoms with E-state index in [0.29, 0.717) is 38.8 Å². The summed E-state index contributed by atoms with van der Waals surface area (Å²) < 4.78 is 27.8. The van der Waals surface area contributed by atoms with Gasteiger partial charge in [-0.15, -0.1) is 0 Å². The van der Waals surface area contributed by atoms with Gasteiger partial charge in [0.05, 0.1) is 39.6 Å². The van der Waals surface area contributed by atoms with E-state index < -0.39 is 11.8 Å². The number of benzene rings is 1. The maximum absolute atomic E-state index is 12.2. The lowest BCUT2D eigenvalue weighted by Crippen LogP contribution is -2.48. The van der Waals surface area contributed by atoms with Crippen molar-refractivity contribution >= 4 is 5.97 Å². The standard InChI is InChI=1S/C26H44O7/c1-3-5-6-7-8-9-10-14-17-26(25(27)28,33-24-15-12-11-13-16-24)32-23-22-31-21-20-30-19-18-29-4-2/h11-13,15-16H,3-10,14,17-23H2,1-2H3,(H,27,28). The number of para-hydroxylation sites is 1. The Bertz CT molecular complexity index is 581. The van der Waals surface area contributed by atoms with Crippen LogP contribution in [-0.2, 0) is 23.7 Å². The number of aliphatic carboxylic acids is 1. The van der Waals surface area contributed by atoms with Crippen LogP contribution >= 0.6 is 0 Å². The summed E-state index contributed by atoms with van der Waals surface area (Å²) >= 11 is 0. The van der Waals surface area contributed by atoms with Crippen LogP contribution < -0.4 is 4.74 Å². The molecule has 0 radical (unpaired) electrons. The van der Waals surface area contributed by atoms with E-state index in [-0.39, 0.29) is 19.6 Å². The zero-order chi connectivity index (χ0) is 24.0. The van der Waals surface area contributed by atoms with Crippen molar-refractivity contribution in [2.75, 3.05) is 46.2 Å². The molecule has 1 aromatic carbocycles. The van der Waals surface area contributed by atoms with Gasteiger partial charge in [0.2, 0.25) is 0 Å². The van der Waals surface area contributed by atoms with Crippen LogP contribution in [0, 0.1) is 0 Å². The maximum Gasteiger partial charge on any atom is 0.377 e. The van der Waals surface area contributed by atoms with E-state index in [0.717, 1.165) is 19.3 Å². The largest absolute Gasteiger partial charge is 0.476 e. The monoisotopic (exact) mass is 468 g/mol. The minimum Gasteiger partial charge on any atom is -0.476 e. The Kier molecular flexibility index (Phi) is 17.6. The van der Waals surface area contributed by atoms with Crippen LogP contribution in [0.2, 0.25) is 0 Å². The number of ether oxygens (including phenoxy) is 5. The number of carboxylic acid groups (broad SMARTS) is 1. The normalized spacial score (nSPS) is 13.0. The molecule has 1 N–H and O–H groups in total. The summed E-state index contributed by atoms with van der Waals surface area (Å²) in [6.45, 7) is 7.16. The average Bonchev–Trinajstić information content (AvgIpc) is 2.82. The zero-order valence-electron chi connectivity index (χ0n) is 20.6. The van der Waals surface area contributed by atoms with Crippen molar-refractivity contribution in [3.8, 4) is 5.75 Å². The molecule has 0 aliphatic heterocycles. The van der Waals surface area contributed by atoms with Gasteiger partial charge < -0.3 is 28.8 Å². The smallest absolute Gasteiger partial charge is 0.377 e.